The molecule has 0 aromatic carbocycles. The van der Waals surface area contributed by atoms with E-state index in [4.69, 9.17) is 5.11 Å². The van der Waals surface area contributed by atoms with E-state index in [9.17, 15) is 9.59 Å². The van der Waals surface area contributed by atoms with Crippen molar-refractivity contribution in [3.05, 3.63) is 28.0 Å². The molecule has 0 aliphatic heterocycles. The summed E-state index contributed by atoms with van der Waals surface area (Å²) in [5, 5.41) is 11.7. The third-order valence-corrected chi connectivity index (χ3v) is 1.60. The fourth-order valence-electron chi connectivity index (χ4n) is 1.14. The summed E-state index contributed by atoms with van der Waals surface area (Å²) in [6.45, 7) is 5.75. The fraction of sp³-hybridized carbons (Fsp3) is 0.400. The van der Waals surface area contributed by atoms with Crippen LogP contribution in [0.1, 0.15) is 31.1 Å². The van der Waals surface area contributed by atoms with E-state index >= 15 is 0 Å². The van der Waals surface area contributed by atoms with E-state index in [1.807, 2.05) is 20.8 Å². The van der Waals surface area contributed by atoms with Crippen molar-refractivity contribution in [2.24, 2.45) is 0 Å². The highest BCUT2D eigenvalue weighted by Crippen LogP contribution is 2.11. The molecule has 1 rings (SSSR count). The molecule has 0 spiro atoms. The number of carboxylic acid groups (broad SMARTS) is 1. The largest absolute Gasteiger partial charge is 0.478 e. The average molecular weight is 210 g/mol. The number of H-pyrrole nitrogens is 1. The number of aromatic amines is 1. The third-order valence-electron chi connectivity index (χ3n) is 1.60. The number of nitrogens with one attached hydrogen (secondary N) is 2. The molecule has 0 saturated carbocycles. The van der Waals surface area contributed by atoms with E-state index in [1.165, 1.54) is 6.07 Å². The average Bonchev–Trinajstić information content (AvgIpc) is 1.99. The zero-order valence-electron chi connectivity index (χ0n) is 8.92. The Morgan fingerprint density at radius 2 is 2.00 bits per heavy atom. The molecule has 0 saturated heterocycles. The smallest absolute Gasteiger partial charge is 0.336 e. The third kappa shape index (κ3) is 3.46. The maximum atomic E-state index is 11.1. The van der Waals surface area contributed by atoms with Crippen molar-refractivity contribution in [3.8, 4) is 0 Å². The molecule has 0 unspecified atom stereocenters. The second kappa shape index (κ2) is 3.76. The first-order chi connectivity index (χ1) is 6.78. The lowest BCUT2D eigenvalue weighted by atomic mass is 10.1. The molecule has 82 valence electrons. The van der Waals surface area contributed by atoms with Crippen LogP contribution < -0.4 is 10.9 Å². The summed E-state index contributed by atoms with van der Waals surface area (Å²) in [5.41, 5.74) is -0.688. The molecule has 5 heteroatoms. The number of anilines is 1. The van der Waals surface area contributed by atoms with Crippen LogP contribution in [0.5, 0.6) is 0 Å². The van der Waals surface area contributed by atoms with Crippen molar-refractivity contribution in [1.82, 2.24) is 4.98 Å². The number of aromatic carboxylic acids is 1. The summed E-state index contributed by atoms with van der Waals surface area (Å²) in [6, 6.07) is 2.45. The Hall–Kier alpha value is -1.78. The number of carbonyl (C=O) groups is 1. The Labute approximate surface area is 87.1 Å². The standard InChI is InChI=1S/C10H14N2O3/c1-10(2,3)12-7-4-6(9(14)15)5-8(13)11-7/h4-5H,1-3H3,(H,14,15)(H2,11,12,13). The molecule has 0 aliphatic carbocycles. The predicted molar refractivity (Wildman–Crippen MR) is 57.4 cm³/mol. The van der Waals surface area contributed by atoms with E-state index in [0.717, 1.165) is 6.07 Å². The molecule has 0 amide bonds. The van der Waals surface area contributed by atoms with Gasteiger partial charge in [0.05, 0.1) is 5.56 Å². The quantitative estimate of drug-likeness (QED) is 0.686. The Bertz CT molecular complexity index is 429. The van der Waals surface area contributed by atoms with Crippen LogP contribution >= 0.6 is 0 Å². The minimum Gasteiger partial charge on any atom is -0.478 e. The van der Waals surface area contributed by atoms with Crippen LogP contribution in [0.2, 0.25) is 0 Å². The van der Waals surface area contributed by atoms with Gasteiger partial charge in [-0.1, -0.05) is 0 Å². The van der Waals surface area contributed by atoms with E-state index in [-0.39, 0.29) is 11.1 Å². The number of hydrogen-bond donors (Lipinski definition) is 3. The first kappa shape index (κ1) is 11.3. The highest BCUT2D eigenvalue weighted by molar-refractivity contribution is 5.88. The van der Waals surface area contributed by atoms with Gasteiger partial charge in [-0.25, -0.2) is 4.79 Å². The van der Waals surface area contributed by atoms with Gasteiger partial charge in [-0.05, 0) is 26.8 Å². The minimum absolute atomic E-state index is 0.0227. The molecule has 1 aromatic rings. The molecule has 0 bridgehead atoms. The Kier molecular flexibility index (Phi) is 2.83. The number of carboxylic acids is 1. The minimum atomic E-state index is -1.11. The van der Waals surface area contributed by atoms with Crippen molar-refractivity contribution in [2.75, 3.05) is 5.32 Å². The lowest BCUT2D eigenvalue weighted by molar-refractivity contribution is 0.0696. The number of pyridine rings is 1. The molecule has 5 nitrogen and oxygen atoms in total. The van der Waals surface area contributed by atoms with Gasteiger partial charge in [0.2, 0.25) is 5.56 Å². The monoisotopic (exact) mass is 210 g/mol. The number of aromatic nitrogens is 1. The molecule has 0 aliphatic rings. The van der Waals surface area contributed by atoms with Gasteiger partial charge in [-0.15, -0.1) is 0 Å². The molecule has 0 atom stereocenters. The van der Waals surface area contributed by atoms with Crippen LogP contribution in [0, 0.1) is 0 Å². The predicted octanol–water partition coefficient (Wildman–Crippen LogP) is 1.28. The number of rotatable bonds is 2. The van der Waals surface area contributed by atoms with E-state index in [2.05, 4.69) is 10.3 Å². The SMILES string of the molecule is CC(C)(C)Nc1cc(C(=O)O)cc(=O)[nH]1. The molecule has 1 aromatic heterocycles. The first-order valence-electron chi connectivity index (χ1n) is 4.54. The number of hydrogen-bond acceptors (Lipinski definition) is 3. The molecular formula is C10H14N2O3. The van der Waals surface area contributed by atoms with Crippen LogP contribution in [0.15, 0.2) is 16.9 Å². The maximum absolute atomic E-state index is 11.1. The van der Waals surface area contributed by atoms with Gasteiger partial charge < -0.3 is 15.4 Å². The van der Waals surface area contributed by atoms with Crippen molar-refractivity contribution in [2.45, 2.75) is 26.3 Å². The molecule has 3 N–H and O–H groups in total. The van der Waals surface area contributed by atoms with Crippen LogP contribution in [-0.2, 0) is 0 Å². The topological polar surface area (TPSA) is 82.2 Å². The maximum Gasteiger partial charge on any atom is 0.336 e. The summed E-state index contributed by atoms with van der Waals surface area (Å²) in [5.74, 6) is -0.703. The van der Waals surface area contributed by atoms with Crippen LogP contribution in [-0.4, -0.2) is 21.6 Å². The molecular weight excluding hydrogens is 196 g/mol. The van der Waals surface area contributed by atoms with E-state index in [1.54, 1.807) is 0 Å². The summed E-state index contributed by atoms with van der Waals surface area (Å²) in [7, 11) is 0. The lowest BCUT2D eigenvalue weighted by Crippen LogP contribution is -2.28. The van der Waals surface area contributed by atoms with Gasteiger partial charge in [-0.2, -0.15) is 0 Å². The highest BCUT2D eigenvalue weighted by Gasteiger charge is 2.12. The summed E-state index contributed by atoms with van der Waals surface area (Å²) in [4.78, 5) is 24.4. The van der Waals surface area contributed by atoms with Crippen molar-refractivity contribution in [1.29, 1.82) is 0 Å². The van der Waals surface area contributed by atoms with Gasteiger partial charge >= 0.3 is 5.97 Å². The Morgan fingerprint density at radius 3 is 2.47 bits per heavy atom. The van der Waals surface area contributed by atoms with Gasteiger partial charge in [-0.3, -0.25) is 4.79 Å². The molecule has 15 heavy (non-hydrogen) atoms. The van der Waals surface area contributed by atoms with Crippen molar-refractivity contribution in [3.63, 3.8) is 0 Å². The van der Waals surface area contributed by atoms with Crippen molar-refractivity contribution >= 4 is 11.8 Å². The van der Waals surface area contributed by atoms with Gasteiger partial charge in [0.15, 0.2) is 0 Å². The Morgan fingerprint density at radius 1 is 1.40 bits per heavy atom. The van der Waals surface area contributed by atoms with Gasteiger partial charge in [0.1, 0.15) is 5.82 Å². The van der Waals surface area contributed by atoms with Crippen LogP contribution in [0.3, 0.4) is 0 Å². The summed E-state index contributed by atoms with van der Waals surface area (Å²) < 4.78 is 0. The molecule has 0 fully saturated rings. The van der Waals surface area contributed by atoms with Gasteiger partial charge in [0.25, 0.3) is 0 Å². The summed E-state index contributed by atoms with van der Waals surface area (Å²) in [6.07, 6.45) is 0. The lowest BCUT2D eigenvalue weighted by Gasteiger charge is -2.21. The van der Waals surface area contributed by atoms with Crippen LogP contribution in [0.25, 0.3) is 0 Å². The zero-order chi connectivity index (χ0) is 11.6. The van der Waals surface area contributed by atoms with E-state index in [0.29, 0.717) is 5.82 Å². The van der Waals surface area contributed by atoms with Crippen LogP contribution in [0.4, 0.5) is 5.82 Å². The normalized spacial score (nSPS) is 11.1. The van der Waals surface area contributed by atoms with Crippen molar-refractivity contribution < 1.29 is 9.90 Å². The zero-order valence-corrected chi connectivity index (χ0v) is 8.92. The summed E-state index contributed by atoms with van der Waals surface area (Å²) >= 11 is 0. The highest BCUT2D eigenvalue weighted by atomic mass is 16.4. The second-order valence-electron chi connectivity index (χ2n) is 4.33. The molecule has 0 radical (unpaired) electrons. The Balaban J connectivity index is 3.10. The second-order valence-corrected chi connectivity index (χ2v) is 4.33. The van der Waals surface area contributed by atoms with Gasteiger partial charge in [0, 0.05) is 11.6 Å². The molecule has 1 heterocycles. The van der Waals surface area contributed by atoms with E-state index < -0.39 is 11.5 Å². The fourth-order valence-corrected chi connectivity index (χ4v) is 1.14. The first-order valence-corrected chi connectivity index (χ1v) is 4.54.